The molecule has 3 nitrogen and oxygen atoms in total. The van der Waals surface area contributed by atoms with Crippen molar-refractivity contribution in [3.05, 3.63) is 30.3 Å². The van der Waals surface area contributed by atoms with E-state index in [2.05, 4.69) is 17.2 Å². The maximum atomic E-state index is 5.61. The van der Waals surface area contributed by atoms with Crippen molar-refractivity contribution in [3.63, 3.8) is 0 Å². The van der Waals surface area contributed by atoms with Crippen LogP contribution in [-0.4, -0.2) is 30.1 Å². The van der Waals surface area contributed by atoms with Gasteiger partial charge in [0.25, 0.3) is 0 Å². The summed E-state index contributed by atoms with van der Waals surface area (Å²) in [6.07, 6.45) is 2.40. The summed E-state index contributed by atoms with van der Waals surface area (Å²) in [4.78, 5) is 4.54. The number of benzene rings is 1. The van der Waals surface area contributed by atoms with E-state index in [1.807, 2.05) is 42.1 Å². The number of para-hydroxylation sites is 1. The zero-order valence-electron chi connectivity index (χ0n) is 10.8. The highest BCUT2D eigenvalue weighted by Gasteiger charge is 2.14. The van der Waals surface area contributed by atoms with Gasteiger partial charge in [-0.2, -0.15) is 0 Å². The van der Waals surface area contributed by atoms with Gasteiger partial charge in [-0.1, -0.05) is 36.9 Å². The lowest BCUT2D eigenvalue weighted by atomic mass is 10.2. The van der Waals surface area contributed by atoms with Gasteiger partial charge in [0.15, 0.2) is 5.17 Å². The first-order chi connectivity index (χ1) is 8.88. The van der Waals surface area contributed by atoms with Crippen molar-refractivity contribution in [2.24, 2.45) is 4.99 Å². The molecule has 1 aromatic carbocycles. The molecular weight excluding hydrogens is 244 g/mol. The SMILES string of the molecule is CCC1CCSC(=NCCOc2ccccc2)N1. The minimum absolute atomic E-state index is 0.597. The molecule has 1 aliphatic heterocycles. The van der Waals surface area contributed by atoms with E-state index in [9.17, 15) is 0 Å². The Morgan fingerprint density at radius 2 is 2.22 bits per heavy atom. The number of nitrogens with zero attached hydrogens (tertiary/aromatic N) is 1. The highest BCUT2D eigenvalue weighted by molar-refractivity contribution is 8.13. The van der Waals surface area contributed by atoms with Crippen LogP contribution in [0.2, 0.25) is 0 Å². The Kier molecular flexibility index (Phi) is 5.39. The quantitative estimate of drug-likeness (QED) is 0.830. The predicted molar refractivity (Wildman–Crippen MR) is 78.5 cm³/mol. The molecule has 98 valence electrons. The Morgan fingerprint density at radius 1 is 1.39 bits per heavy atom. The van der Waals surface area contributed by atoms with E-state index >= 15 is 0 Å². The Bertz CT molecular complexity index is 381. The number of ether oxygens (including phenoxy) is 1. The number of aliphatic imine (C=N–C) groups is 1. The van der Waals surface area contributed by atoms with E-state index in [4.69, 9.17) is 4.74 Å². The third-order valence-corrected chi connectivity index (χ3v) is 3.84. The van der Waals surface area contributed by atoms with E-state index in [0.717, 1.165) is 10.9 Å². The number of hydrogen-bond donors (Lipinski definition) is 1. The third-order valence-electron chi connectivity index (χ3n) is 2.88. The van der Waals surface area contributed by atoms with Gasteiger partial charge in [0, 0.05) is 11.8 Å². The standard InChI is InChI=1S/C14H20N2OS/c1-2-12-8-11-18-14(16-12)15-9-10-17-13-6-4-3-5-7-13/h3-7,12H,2,8-11H2,1H3,(H,15,16). The Morgan fingerprint density at radius 3 is 3.00 bits per heavy atom. The van der Waals surface area contributed by atoms with Gasteiger partial charge in [0.05, 0.1) is 6.54 Å². The molecule has 1 saturated heterocycles. The van der Waals surface area contributed by atoms with Crippen LogP contribution in [0.3, 0.4) is 0 Å². The topological polar surface area (TPSA) is 33.6 Å². The van der Waals surface area contributed by atoms with Crippen LogP contribution in [0.25, 0.3) is 0 Å². The minimum atomic E-state index is 0.597. The van der Waals surface area contributed by atoms with Gasteiger partial charge in [-0.25, -0.2) is 0 Å². The lowest BCUT2D eigenvalue weighted by Gasteiger charge is -2.24. The molecule has 1 aliphatic rings. The molecule has 0 aliphatic carbocycles. The van der Waals surface area contributed by atoms with Crippen LogP contribution in [0.4, 0.5) is 0 Å². The van der Waals surface area contributed by atoms with E-state index in [-0.39, 0.29) is 0 Å². The van der Waals surface area contributed by atoms with Crippen molar-refractivity contribution in [2.45, 2.75) is 25.8 Å². The van der Waals surface area contributed by atoms with Crippen LogP contribution in [-0.2, 0) is 0 Å². The molecule has 1 heterocycles. The summed E-state index contributed by atoms with van der Waals surface area (Å²) in [5.74, 6) is 2.08. The minimum Gasteiger partial charge on any atom is -0.492 e. The second-order valence-corrected chi connectivity index (χ2v) is 5.32. The van der Waals surface area contributed by atoms with Crippen molar-refractivity contribution in [1.82, 2.24) is 5.32 Å². The molecule has 1 aromatic rings. The summed E-state index contributed by atoms with van der Waals surface area (Å²) >= 11 is 1.81. The van der Waals surface area contributed by atoms with Crippen LogP contribution in [0, 0.1) is 0 Å². The Balaban J connectivity index is 1.71. The highest BCUT2D eigenvalue weighted by Crippen LogP contribution is 2.15. The van der Waals surface area contributed by atoms with E-state index < -0.39 is 0 Å². The average molecular weight is 264 g/mol. The monoisotopic (exact) mass is 264 g/mol. The van der Waals surface area contributed by atoms with Gasteiger partial charge in [-0.15, -0.1) is 0 Å². The largest absolute Gasteiger partial charge is 0.492 e. The average Bonchev–Trinajstić information content (AvgIpc) is 2.45. The van der Waals surface area contributed by atoms with Crippen molar-refractivity contribution < 1.29 is 4.74 Å². The molecule has 0 amide bonds. The van der Waals surface area contributed by atoms with Gasteiger partial charge in [0.1, 0.15) is 12.4 Å². The molecule has 1 atom stereocenters. The molecular formula is C14H20N2OS. The van der Waals surface area contributed by atoms with Gasteiger partial charge in [0.2, 0.25) is 0 Å². The van der Waals surface area contributed by atoms with E-state index in [1.54, 1.807) is 0 Å². The molecule has 0 spiro atoms. The molecule has 1 fully saturated rings. The maximum absolute atomic E-state index is 5.61. The number of hydrogen-bond acceptors (Lipinski definition) is 3. The zero-order chi connectivity index (χ0) is 12.6. The third kappa shape index (κ3) is 4.26. The molecule has 2 rings (SSSR count). The Hall–Kier alpha value is -1.16. The van der Waals surface area contributed by atoms with Crippen LogP contribution >= 0.6 is 11.8 Å². The molecule has 0 bridgehead atoms. The number of nitrogens with one attached hydrogen (secondary N) is 1. The van der Waals surface area contributed by atoms with Gasteiger partial charge in [-0.05, 0) is 25.0 Å². The summed E-state index contributed by atoms with van der Waals surface area (Å²) in [7, 11) is 0. The van der Waals surface area contributed by atoms with E-state index in [1.165, 1.54) is 18.6 Å². The molecule has 0 saturated carbocycles. The summed E-state index contributed by atoms with van der Waals surface area (Å²) in [5.41, 5.74) is 0. The predicted octanol–water partition coefficient (Wildman–Crippen LogP) is 2.93. The lowest BCUT2D eigenvalue weighted by molar-refractivity contribution is 0.328. The maximum Gasteiger partial charge on any atom is 0.156 e. The molecule has 18 heavy (non-hydrogen) atoms. The summed E-state index contributed by atoms with van der Waals surface area (Å²) in [5, 5.41) is 4.53. The first kappa shape index (κ1) is 13.3. The fourth-order valence-corrected chi connectivity index (χ4v) is 2.84. The molecule has 0 radical (unpaired) electrons. The molecule has 4 heteroatoms. The molecule has 1 N–H and O–H groups in total. The fourth-order valence-electron chi connectivity index (χ4n) is 1.81. The van der Waals surface area contributed by atoms with E-state index in [0.29, 0.717) is 19.2 Å². The second-order valence-electron chi connectivity index (χ2n) is 4.24. The van der Waals surface area contributed by atoms with Crippen LogP contribution < -0.4 is 10.1 Å². The van der Waals surface area contributed by atoms with Crippen LogP contribution in [0.5, 0.6) is 5.75 Å². The second kappa shape index (κ2) is 7.31. The van der Waals surface area contributed by atoms with Crippen molar-refractivity contribution in [1.29, 1.82) is 0 Å². The summed E-state index contributed by atoms with van der Waals surface area (Å²) in [6, 6.07) is 10.5. The fraction of sp³-hybridized carbons (Fsp3) is 0.500. The normalized spacial score (nSPS) is 21.6. The van der Waals surface area contributed by atoms with Gasteiger partial charge < -0.3 is 10.1 Å². The van der Waals surface area contributed by atoms with Gasteiger partial charge >= 0.3 is 0 Å². The van der Waals surface area contributed by atoms with Crippen LogP contribution in [0.1, 0.15) is 19.8 Å². The number of thioether (sulfide) groups is 1. The molecule has 0 aromatic heterocycles. The Labute approximate surface area is 113 Å². The summed E-state index contributed by atoms with van der Waals surface area (Å²) in [6.45, 7) is 3.55. The number of rotatable bonds is 5. The van der Waals surface area contributed by atoms with Crippen molar-refractivity contribution >= 4 is 16.9 Å². The highest BCUT2D eigenvalue weighted by atomic mass is 32.2. The van der Waals surface area contributed by atoms with Gasteiger partial charge in [-0.3, -0.25) is 4.99 Å². The zero-order valence-corrected chi connectivity index (χ0v) is 11.6. The van der Waals surface area contributed by atoms with Crippen LogP contribution in [0.15, 0.2) is 35.3 Å². The lowest BCUT2D eigenvalue weighted by Crippen LogP contribution is -2.37. The van der Waals surface area contributed by atoms with Crippen molar-refractivity contribution in [3.8, 4) is 5.75 Å². The van der Waals surface area contributed by atoms with Crippen molar-refractivity contribution in [2.75, 3.05) is 18.9 Å². The molecule has 1 unspecified atom stereocenters. The smallest absolute Gasteiger partial charge is 0.156 e. The summed E-state index contributed by atoms with van der Waals surface area (Å²) < 4.78 is 5.61. The first-order valence-corrected chi connectivity index (χ1v) is 7.48. The number of amidine groups is 1. The first-order valence-electron chi connectivity index (χ1n) is 6.50.